The summed E-state index contributed by atoms with van der Waals surface area (Å²) in [6, 6.07) is 3.37. The zero-order valence-corrected chi connectivity index (χ0v) is 13.2. The first-order valence-corrected chi connectivity index (χ1v) is 7.76. The van der Waals surface area contributed by atoms with Crippen molar-refractivity contribution in [1.29, 1.82) is 0 Å². The predicted octanol–water partition coefficient (Wildman–Crippen LogP) is 3.75. The molecule has 0 spiro atoms. The molecule has 1 heterocycles. The Balaban J connectivity index is 2.29. The number of ketones is 1. The van der Waals surface area contributed by atoms with Gasteiger partial charge in [0.2, 0.25) is 0 Å². The molecule has 0 bridgehead atoms. The number of ether oxygens (including phenoxy) is 3. The number of rotatable bonds is 6. The van der Waals surface area contributed by atoms with E-state index >= 15 is 0 Å². The Kier molecular flexibility index (Phi) is 5.88. The van der Waals surface area contributed by atoms with E-state index in [-0.39, 0.29) is 11.7 Å². The molecule has 0 unspecified atom stereocenters. The summed E-state index contributed by atoms with van der Waals surface area (Å²) in [5.41, 5.74) is 0.510. The highest BCUT2D eigenvalue weighted by Gasteiger charge is 2.26. The topological polar surface area (TPSA) is 44.8 Å². The third kappa shape index (κ3) is 3.89. The zero-order valence-electron chi connectivity index (χ0n) is 12.5. The van der Waals surface area contributed by atoms with Crippen LogP contribution in [0.3, 0.4) is 0 Å². The number of carbonyl (C=O) groups excluding carboxylic acids is 1. The van der Waals surface area contributed by atoms with Crippen LogP contribution in [0.5, 0.6) is 11.5 Å². The minimum Gasteiger partial charge on any atom is -0.490 e. The average Bonchev–Trinajstić information content (AvgIpc) is 2.50. The molecule has 2 rings (SSSR count). The molecular weight excluding hydrogens is 292 g/mol. The van der Waals surface area contributed by atoms with Crippen molar-refractivity contribution in [2.45, 2.75) is 26.7 Å². The Morgan fingerprint density at radius 2 is 1.76 bits per heavy atom. The highest BCUT2D eigenvalue weighted by atomic mass is 35.5. The van der Waals surface area contributed by atoms with Gasteiger partial charge in [-0.1, -0.05) is 11.6 Å². The van der Waals surface area contributed by atoms with Crippen molar-refractivity contribution in [2.75, 3.05) is 26.4 Å². The van der Waals surface area contributed by atoms with Gasteiger partial charge in [0, 0.05) is 30.8 Å². The highest BCUT2D eigenvalue weighted by Crippen LogP contribution is 2.35. The van der Waals surface area contributed by atoms with Crippen LogP contribution < -0.4 is 9.47 Å². The van der Waals surface area contributed by atoms with Crippen molar-refractivity contribution in [1.82, 2.24) is 0 Å². The van der Waals surface area contributed by atoms with Crippen molar-refractivity contribution < 1.29 is 19.0 Å². The Hall–Kier alpha value is -1.26. The Morgan fingerprint density at radius 3 is 2.33 bits per heavy atom. The Labute approximate surface area is 130 Å². The Bertz CT molecular complexity index is 495. The van der Waals surface area contributed by atoms with Gasteiger partial charge in [0.05, 0.1) is 18.2 Å². The Morgan fingerprint density at radius 1 is 1.19 bits per heavy atom. The molecule has 1 saturated heterocycles. The summed E-state index contributed by atoms with van der Waals surface area (Å²) in [7, 11) is 0. The zero-order chi connectivity index (χ0) is 15.2. The second kappa shape index (κ2) is 7.66. The smallest absolute Gasteiger partial charge is 0.167 e. The summed E-state index contributed by atoms with van der Waals surface area (Å²) in [6.07, 6.45) is 1.48. The molecule has 116 valence electrons. The van der Waals surface area contributed by atoms with Gasteiger partial charge in [-0.25, -0.2) is 0 Å². The molecule has 1 fully saturated rings. The number of hydrogen-bond donors (Lipinski definition) is 0. The molecule has 1 aliphatic rings. The largest absolute Gasteiger partial charge is 0.490 e. The standard InChI is InChI=1S/C16H21ClO4/c1-3-20-14-9-12(13(17)10-15(14)21-4-2)16(18)11-5-7-19-8-6-11/h9-11H,3-8H2,1-2H3. The van der Waals surface area contributed by atoms with Gasteiger partial charge in [-0.2, -0.15) is 0 Å². The second-order valence-corrected chi connectivity index (χ2v) is 5.30. The first kappa shape index (κ1) is 16.1. The van der Waals surface area contributed by atoms with Gasteiger partial charge < -0.3 is 14.2 Å². The quantitative estimate of drug-likeness (QED) is 0.750. The molecule has 0 N–H and O–H groups in total. The van der Waals surface area contributed by atoms with Gasteiger partial charge in [0.15, 0.2) is 17.3 Å². The fourth-order valence-corrected chi connectivity index (χ4v) is 2.69. The van der Waals surface area contributed by atoms with Crippen LogP contribution in [0.2, 0.25) is 5.02 Å². The molecule has 21 heavy (non-hydrogen) atoms. The summed E-state index contributed by atoms with van der Waals surface area (Å²) >= 11 is 6.26. The summed E-state index contributed by atoms with van der Waals surface area (Å²) in [5, 5.41) is 0.415. The van der Waals surface area contributed by atoms with Gasteiger partial charge in [0.1, 0.15) is 0 Å². The predicted molar refractivity (Wildman–Crippen MR) is 81.7 cm³/mol. The molecule has 0 radical (unpaired) electrons. The molecular formula is C16H21ClO4. The van der Waals surface area contributed by atoms with Gasteiger partial charge >= 0.3 is 0 Å². The lowest BCUT2D eigenvalue weighted by molar-refractivity contribution is 0.0544. The number of Topliss-reactive ketones (excluding diaryl/α,β-unsaturated/α-hetero) is 1. The lowest BCUT2D eigenvalue weighted by atomic mass is 9.91. The first-order chi connectivity index (χ1) is 10.2. The molecule has 0 saturated carbocycles. The summed E-state index contributed by atoms with van der Waals surface area (Å²) in [4.78, 5) is 12.6. The van der Waals surface area contributed by atoms with E-state index in [4.69, 9.17) is 25.8 Å². The fraction of sp³-hybridized carbons (Fsp3) is 0.562. The molecule has 1 aliphatic heterocycles. The molecule has 1 aromatic carbocycles. The van der Waals surface area contributed by atoms with Crippen LogP contribution in [0, 0.1) is 5.92 Å². The molecule has 4 nitrogen and oxygen atoms in total. The van der Waals surface area contributed by atoms with Crippen LogP contribution >= 0.6 is 11.6 Å². The van der Waals surface area contributed by atoms with E-state index in [0.717, 1.165) is 12.8 Å². The molecule has 5 heteroatoms. The summed E-state index contributed by atoms with van der Waals surface area (Å²) in [6.45, 7) is 6.07. The van der Waals surface area contributed by atoms with Crippen LogP contribution in [0.25, 0.3) is 0 Å². The third-order valence-corrected chi connectivity index (χ3v) is 3.80. The number of carbonyl (C=O) groups is 1. The normalized spacial score (nSPS) is 15.8. The van der Waals surface area contributed by atoms with Gasteiger partial charge in [-0.15, -0.1) is 0 Å². The minimum atomic E-state index is -0.0244. The minimum absolute atomic E-state index is 0.0244. The van der Waals surface area contributed by atoms with E-state index < -0.39 is 0 Å². The maximum atomic E-state index is 12.6. The maximum Gasteiger partial charge on any atom is 0.167 e. The van der Waals surface area contributed by atoms with Crippen LogP contribution in [-0.4, -0.2) is 32.2 Å². The van der Waals surface area contributed by atoms with Crippen molar-refractivity contribution >= 4 is 17.4 Å². The second-order valence-electron chi connectivity index (χ2n) is 4.90. The summed E-state index contributed by atoms with van der Waals surface area (Å²) in [5.74, 6) is 1.18. The molecule has 0 atom stereocenters. The lowest BCUT2D eigenvalue weighted by Gasteiger charge is -2.22. The van der Waals surface area contributed by atoms with E-state index in [9.17, 15) is 4.79 Å². The average molecular weight is 313 g/mol. The molecule has 0 aromatic heterocycles. The van der Waals surface area contributed by atoms with E-state index in [1.807, 2.05) is 13.8 Å². The van der Waals surface area contributed by atoms with Crippen molar-refractivity contribution in [2.24, 2.45) is 5.92 Å². The van der Waals surface area contributed by atoms with Gasteiger partial charge in [0.25, 0.3) is 0 Å². The monoisotopic (exact) mass is 312 g/mol. The maximum absolute atomic E-state index is 12.6. The summed E-state index contributed by atoms with van der Waals surface area (Å²) < 4.78 is 16.4. The van der Waals surface area contributed by atoms with Crippen molar-refractivity contribution in [3.63, 3.8) is 0 Å². The van der Waals surface area contributed by atoms with E-state index in [1.165, 1.54) is 0 Å². The lowest BCUT2D eigenvalue weighted by Crippen LogP contribution is -2.23. The highest BCUT2D eigenvalue weighted by molar-refractivity contribution is 6.34. The van der Waals surface area contributed by atoms with E-state index in [0.29, 0.717) is 48.5 Å². The third-order valence-electron chi connectivity index (χ3n) is 3.49. The van der Waals surface area contributed by atoms with Crippen molar-refractivity contribution in [3.05, 3.63) is 22.7 Å². The van der Waals surface area contributed by atoms with Crippen LogP contribution in [-0.2, 0) is 4.74 Å². The van der Waals surface area contributed by atoms with E-state index in [1.54, 1.807) is 12.1 Å². The van der Waals surface area contributed by atoms with Crippen LogP contribution in [0.4, 0.5) is 0 Å². The van der Waals surface area contributed by atoms with Crippen LogP contribution in [0.15, 0.2) is 12.1 Å². The molecule has 1 aromatic rings. The fourth-order valence-electron chi connectivity index (χ4n) is 2.44. The van der Waals surface area contributed by atoms with E-state index in [2.05, 4.69) is 0 Å². The number of hydrogen-bond acceptors (Lipinski definition) is 4. The SMILES string of the molecule is CCOc1cc(Cl)c(C(=O)C2CCOCC2)cc1OCC. The molecule has 0 aliphatic carbocycles. The molecule has 0 amide bonds. The van der Waals surface area contributed by atoms with Crippen LogP contribution in [0.1, 0.15) is 37.0 Å². The number of halogens is 1. The van der Waals surface area contributed by atoms with Crippen molar-refractivity contribution in [3.8, 4) is 11.5 Å². The number of benzene rings is 1. The van der Waals surface area contributed by atoms with Gasteiger partial charge in [-0.3, -0.25) is 4.79 Å². The first-order valence-electron chi connectivity index (χ1n) is 7.38. The van der Waals surface area contributed by atoms with Gasteiger partial charge in [-0.05, 0) is 32.8 Å².